The standard InChI is InChI=1S/C25H31N3O4S/c1-6-22(28-23(29)16-18(5)21-11-9-10-17(4)24(21)28)25(30)26-19-12-14-20(15-13-19)33(31,32)27(7-2)8-3/h9-16,22H,6-8H2,1-5H3,(H,26,30). The topological polar surface area (TPSA) is 88.5 Å². The Bertz CT molecular complexity index is 1320. The van der Waals surface area contributed by atoms with Gasteiger partial charge in [0.2, 0.25) is 15.9 Å². The zero-order valence-electron chi connectivity index (χ0n) is 19.8. The first kappa shape index (κ1) is 24.7. The molecule has 0 fully saturated rings. The number of rotatable bonds is 8. The molecular formula is C25H31N3O4S. The number of anilines is 1. The highest BCUT2D eigenvalue weighted by atomic mass is 32.2. The number of carbonyl (C=O) groups is 1. The maximum absolute atomic E-state index is 13.2. The van der Waals surface area contributed by atoms with Crippen molar-refractivity contribution >= 4 is 32.5 Å². The first-order valence-corrected chi connectivity index (χ1v) is 12.6. The number of carbonyl (C=O) groups excluding carboxylic acids is 1. The monoisotopic (exact) mass is 469 g/mol. The Morgan fingerprint density at radius 2 is 1.64 bits per heavy atom. The Labute approximate surface area is 195 Å². The highest BCUT2D eigenvalue weighted by molar-refractivity contribution is 7.89. The maximum atomic E-state index is 13.2. The van der Waals surface area contributed by atoms with Crippen molar-refractivity contribution in [1.29, 1.82) is 0 Å². The van der Waals surface area contributed by atoms with Crippen molar-refractivity contribution < 1.29 is 13.2 Å². The number of benzene rings is 2. The molecule has 3 rings (SSSR count). The maximum Gasteiger partial charge on any atom is 0.252 e. The van der Waals surface area contributed by atoms with E-state index in [1.807, 2.05) is 39.0 Å². The molecule has 176 valence electrons. The molecule has 1 heterocycles. The fourth-order valence-corrected chi connectivity index (χ4v) is 5.64. The van der Waals surface area contributed by atoms with Crippen LogP contribution in [0.4, 0.5) is 5.69 Å². The minimum Gasteiger partial charge on any atom is -0.324 e. The Balaban J connectivity index is 1.94. The molecule has 2 aromatic carbocycles. The SMILES string of the molecule is CCC(C(=O)Nc1ccc(S(=O)(=O)N(CC)CC)cc1)n1c(=O)cc(C)c2cccc(C)c21. The number of hydrogen-bond acceptors (Lipinski definition) is 4. The summed E-state index contributed by atoms with van der Waals surface area (Å²) >= 11 is 0. The molecule has 33 heavy (non-hydrogen) atoms. The summed E-state index contributed by atoms with van der Waals surface area (Å²) in [4.78, 5) is 26.3. The predicted octanol–water partition coefficient (Wildman–Crippen LogP) is 4.24. The Kier molecular flexibility index (Phi) is 7.39. The average molecular weight is 470 g/mol. The third-order valence-electron chi connectivity index (χ3n) is 5.95. The summed E-state index contributed by atoms with van der Waals surface area (Å²) in [6.45, 7) is 10.0. The normalized spacial score (nSPS) is 12.8. The summed E-state index contributed by atoms with van der Waals surface area (Å²) in [6, 6.07) is 12.8. The van der Waals surface area contributed by atoms with E-state index in [9.17, 15) is 18.0 Å². The van der Waals surface area contributed by atoms with Crippen molar-refractivity contribution in [3.8, 4) is 0 Å². The molecule has 8 heteroatoms. The molecule has 3 aromatic rings. The van der Waals surface area contributed by atoms with Crippen molar-refractivity contribution in [2.75, 3.05) is 18.4 Å². The Morgan fingerprint density at radius 1 is 1.00 bits per heavy atom. The quantitative estimate of drug-likeness (QED) is 0.534. The van der Waals surface area contributed by atoms with Crippen molar-refractivity contribution in [2.45, 2.75) is 52.0 Å². The van der Waals surface area contributed by atoms with Gasteiger partial charge in [0.25, 0.3) is 5.56 Å². The smallest absolute Gasteiger partial charge is 0.252 e. The summed E-state index contributed by atoms with van der Waals surface area (Å²) < 4.78 is 28.3. The molecule has 1 unspecified atom stereocenters. The summed E-state index contributed by atoms with van der Waals surface area (Å²) in [5.41, 5.74) is 2.79. The second-order valence-electron chi connectivity index (χ2n) is 8.03. The number of pyridine rings is 1. The molecule has 0 saturated carbocycles. The van der Waals surface area contributed by atoms with Gasteiger partial charge in [-0.25, -0.2) is 8.42 Å². The van der Waals surface area contributed by atoms with Crippen LogP contribution in [0.1, 0.15) is 44.4 Å². The number of fused-ring (bicyclic) bond motifs is 1. The number of aryl methyl sites for hydroxylation is 2. The lowest BCUT2D eigenvalue weighted by Gasteiger charge is -2.22. The zero-order valence-corrected chi connectivity index (χ0v) is 20.6. The van der Waals surface area contributed by atoms with Gasteiger partial charge in [0, 0.05) is 30.2 Å². The van der Waals surface area contributed by atoms with Gasteiger partial charge in [0.15, 0.2) is 0 Å². The fourth-order valence-electron chi connectivity index (χ4n) is 4.18. The number of nitrogens with zero attached hydrogens (tertiary/aromatic N) is 2. The van der Waals surface area contributed by atoms with Crippen molar-refractivity contribution in [1.82, 2.24) is 8.87 Å². The van der Waals surface area contributed by atoms with Crippen molar-refractivity contribution in [2.24, 2.45) is 0 Å². The van der Waals surface area contributed by atoms with E-state index in [4.69, 9.17) is 0 Å². The Hall–Kier alpha value is -2.97. The second kappa shape index (κ2) is 9.89. The largest absolute Gasteiger partial charge is 0.324 e. The van der Waals surface area contributed by atoms with Crippen LogP contribution in [0.25, 0.3) is 10.9 Å². The third kappa shape index (κ3) is 4.72. The molecule has 0 radical (unpaired) electrons. The zero-order chi connectivity index (χ0) is 24.3. The highest BCUT2D eigenvalue weighted by Gasteiger charge is 2.24. The molecule has 0 aliphatic heterocycles. The van der Waals surface area contributed by atoms with Crippen molar-refractivity contribution in [3.63, 3.8) is 0 Å². The van der Waals surface area contributed by atoms with Gasteiger partial charge in [-0.15, -0.1) is 0 Å². The molecule has 1 amide bonds. The lowest BCUT2D eigenvalue weighted by molar-refractivity contribution is -0.119. The van der Waals surface area contributed by atoms with Gasteiger partial charge in [0.05, 0.1) is 10.4 Å². The van der Waals surface area contributed by atoms with Crippen LogP contribution < -0.4 is 10.9 Å². The minimum absolute atomic E-state index is 0.174. The second-order valence-corrected chi connectivity index (χ2v) is 9.97. The van der Waals surface area contributed by atoms with E-state index in [0.717, 1.165) is 22.0 Å². The summed E-state index contributed by atoms with van der Waals surface area (Å²) in [5, 5.41) is 3.78. The third-order valence-corrected chi connectivity index (χ3v) is 8.01. The molecule has 0 saturated heterocycles. The lowest BCUT2D eigenvalue weighted by atomic mass is 10.0. The van der Waals surface area contributed by atoms with E-state index in [2.05, 4.69) is 5.32 Å². The van der Waals surface area contributed by atoms with Crippen LogP contribution in [0.5, 0.6) is 0 Å². The van der Waals surface area contributed by atoms with Crippen molar-refractivity contribution in [3.05, 3.63) is 70.0 Å². The average Bonchev–Trinajstić information content (AvgIpc) is 2.77. The number of hydrogen-bond donors (Lipinski definition) is 1. The summed E-state index contributed by atoms with van der Waals surface area (Å²) in [7, 11) is -3.57. The first-order chi connectivity index (χ1) is 15.6. The molecular weight excluding hydrogens is 438 g/mol. The number of sulfonamides is 1. The molecule has 7 nitrogen and oxygen atoms in total. The van der Waals surface area contributed by atoms with E-state index in [0.29, 0.717) is 25.2 Å². The van der Waals surface area contributed by atoms with Crippen LogP contribution in [0.3, 0.4) is 0 Å². The predicted molar refractivity (Wildman–Crippen MR) is 132 cm³/mol. The van der Waals surface area contributed by atoms with Crippen LogP contribution in [0, 0.1) is 13.8 Å². The number of para-hydroxylation sites is 1. The van der Waals surface area contributed by atoms with Crippen LogP contribution in [-0.4, -0.2) is 36.3 Å². The Morgan fingerprint density at radius 3 is 2.21 bits per heavy atom. The fraction of sp³-hybridized carbons (Fsp3) is 0.360. The van der Waals surface area contributed by atoms with E-state index in [1.54, 1.807) is 36.6 Å². The minimum atomic E-state index is -3.57. The molecule has 0 aliphatic carbocycles. The van der Waals surface area contributed by atoms with E-state index in [1.165, 1.54) is 16.4 Å². The summed E-state index contributed by atoms with van der Waals surface area (Å²) in [6.07, 6.45) is 0.423. The van der Waals surface area contributed by atoms with E-state index in [-0.39, 0.29) is 16.4 Å². The van der Waals surface area contributed by atoms with E-state index < -0.39 is 16.1 Å². The van der Waals surface area contributed by atoms with Crippen LogP contribution >= 0.6 is 0 Å². The molecule has 0 spiro atoms. The van der Waals surface area contributed by atoms with Gasteiger partial charge in [-0.3, -0.25) is 14.2 Å². The molecule has 1 N–H and O–H groups in total. The number of amides is 1. The number of nitrogens with one attached hydrogen (secondary N) is 1. The van der Waals surface area contributed by atoms with Gasteiger partial charge in [0.1, 0.15) is 6.04 Å². The van der Waals surface area contributed by atoms with Crippen LogP contribution in [-0.2, 0) is 14.8 Å². The first-order valence-electron chi connectivity index (χ1n) is 11.2. The molecule has 0 bridgehead atoms. The van der Waals surface area contributed by atoms with Crippen LogP contribution in [0.2, 0.25) is 0 Å². The van der Waals surface area contributed by atoms with Gasteiger partial charge >= 0.3 is 0 Å². The van der Waals surface area contributed by atoms with Gasteiger partial charge in [-0.05, 0) is 55.7 Å². The number of aromatic nitrogens is 1. The van der Waals surface area contributed by atoms with Gasteiger partial charge in [-0.1, -0.05) is 39.0 Å². The summed E-state index contributed by atoms with van der Waals surface area (Å²) in [5.74, 6) is -0.327. The van der Waals surface area contributed by atoms with E-state index >= 15 is 0 Å². The molecule has 0 aliphatic rings. The van der Waals surface area contributed by atoms with Crippen LogP contribution in [0.15, 0.2) is 58.2 Å². The highest BCUT2D eigenvalue weighted by Crippen LogP contribution is 2.25. The molecule has 1 atom stereocenters. The van der Waals surface area contributed by atoms with Gasteiger partial charge < -0.3 is 5.32 Å². The lowest BCUT2D eigenvalue weighted by Crippen LogP contribution is -2.33. The van der Waals surface area contributed by atoms with Gasteiger partial charge in [-0.2, -0.15) is 4.31 Å². The molecule has 1 aromatic heterocycles.